The fourth-order valence-corrected chi connectivity index (χ4v) is 0.327. The molecular formula is C7H12Cl2N2O7Ru. The van der Waals surface area contributed by atoms with Crippen molar-refractivity contribution in [3.63, 3.8) is 0 Å². The van der Waals surface area contributed by atoms with Crippen molar-refractivity contribution >= 4 is 55.9 Å². The van der Waals surface area contributed by atoms with Crippen LogP contribution in [0.25, 0.3) is 0 Å². The molecule has 114 valence electrons. The Balaban J connectivity index is -0.0000000307. The minimum Gasteiger partial charge on any atom is -0.549 e. The molecule has 0 saturated carbocycles. The maximum atomic E-state index is 9.34. The summed E-state index contributed by atoms with van der Waals surface area (Å²) < 4.78 is 0. The van der Waals surface area contributed by atoms with Crippen LogP contribution in [0.15, 0.2) is 0 Å². The molecule has 0 aromatic carbocycles. The summed E-state index contributed by atoms with van der Waals surface area (Å²) in [6, 6.07) is 0. The second-order valence-electron chi connectivity index (χ2n) is 1.36. The second-order valence-corrected chi connectivity index (χ2v) is 1.90. The zero-order valence-corrected chi connectivity index (χ0v) is 12.8. The van der Waals surface area contributed by atoms with Gasteiger partial charge in [-0.15, -0.1) is 0 Å². The van der Waals surface area contributed by atoms with Crippen LogP contribution < -0.4 is 19.9 Å². The van der Waals surface area contributed by atoms with Crippen LogP contribution in [-0.2, 0) is 43.5 Å². The molecule has 0 aliphatic heterocycles. The summed E-state index contributed by atoms with van der Waals surface area (Å²) in [6.07, 6.45) is 0. The molecule has 0 saturated heterocycles. The molecule has 0 rings (SSSR count). The van der Waals surface area contributed by atoms with Crippen molar-refractivity contribution < 1.29 is 53.7 Å². The smallest absolute Gasteiger partial charge is 0.549 e. The third kappa shape index (κ3) is 151. The molecule has 12 heteroatoms. The van der Waals surface area contributed by atoms with E-state index >= 15 is 0 Å². The first-order valence-electron chi connectivity index (χ1n) is 3.47. The van der Waals surface area contributed by atoms with Crippen LogP contribution in [0, 0.1) is 0 Å². The van der Waals surface area contributed by atoms with Crippen molar-refractivity contribution in [2.45, 2.75) is 0 Å². The molecule has 9 nitrogen and oxygen atoms in total. The maximum Gasteiger partial charge on any atom is 2.00 e. The van der Waals surface area contributed by atoms with Gasteiger partial charge in [-0.3, -0.25) is 0 Å². The van der Waals surface area contributed by atoms with Gasteiger partial charge in [-0.25, -0.2) is 9.67 Å². The van der Waals surface area contributed by atoms with E-state index in [2.05, 4.69) is 0 Å². The van der Waals surface area contributed by atoms with E-state index in [-0.39, 0.29) is 32.6 Å². The SMILES string of the molecule is C=O.C=O.C=O.O=C([O-])CNCl.O=C([O-])CNCl.[Ru+2]. The minimum absolute atomic E-state index is 0. The van der Waals surface area contributed by atoms with Crippen molar-refractivity contribution in [3.8, 4) is 0 Å². The van der Waals surface area contributed by atoms with E-state index in [0.717, 1.165) is 0 Å². The van der Waals surface area contributed by atoms with Crippen molar-refractivity contribution in [1.29, 1.82) is 0 Å². The molecule has 0 aromatic heterocycles. The zero-order valence-electron chi connectivity index (χ0n) is 9.50. The molecule has 0 atom stereocenters. The second kappa shape index (κ2) is 53.6. The number of carboxylic acids is 2. The van der Waals surface area contributed by atoms with Crippen LogP contribution in [0.1, 0.15) is 0 Å². The molecule has 0 radical (unpaired) electrons. The molecule has 0 fully saturated rings. The standard InChI is InChI=1S/2C2H4ClNO2.3CH2O.Ru/c2*3-4-1-2(5)6;3*1-2;/h2*4H,1H2,(H,5,6);3*1H2;/q;;;;;+2/p-2. The van der Waals surface area contributed by atoms with Gasteiger partial charge in [0.25, 0.3) is 0 Å². The van der Waals surface area contributed by atoms with Gasteiger partial charge in [0.1, 0.15) is 20.4 Å². The molecule has 0 heterocycles. The van der Waals surface area contributed by atoms with E-state index in [1.807, 2.05) is 30.0 Å². The number of carboxylic acid groups (broad SMARTS) is 2. The van der Waals surface area contributed by atoms with Crippen molar-refractivity contribution in [2.75, 3.05) is 13.1 Å². The van der Waals surface area contributed by atoms with Gasteiger partial charge in [0.05, 0.1) is 25.0 Å². The molecule has 0 aromatic rings. The molecule has 0 unspecified atom stereocenters. The predicted molar refractivity (Wildman–Crippen MR) is 59.1 cm³/mol. The van der Waals surface area contributed by atoms with Crippen molar-refractivity contribution in [3.05, 3.63) is 0 Å². The normalized spacial score (nSPS) is 5.79. The number of aliphatic carboxylic acids is 2. The number of rotatable bonds is 4. The third-order valence-electron chi connectivity index (χ3n) is 0.422. The summed E-state index contributed by atoms with van der Waals surface area (Å²) in [5, 5.41) is 18.7. The largest absolute Gasteiger partial charge is 2.00 e. The maximum absolute atomic E-state index is 9.34. The quantitative estimate of drug-likeness (QED) is 0.355. The Hall–Kier alpha value is -0.927. The van der Waals surface area contributed by atoms with Crippen LogP contribution >= 0.6 is 23.6 Å². The van der Waals surface area contributed by atoms with Gasteiger partial charge in [-0.1, -0.05) is 0 Å². The first-order valence-corrected chi connectivity index (χ1v) is 4.23. The Morgan fingerprint density at radius 3 is 0.947 bits per heavy atom. The van der Waals surface area contributed by atoms with Gasteiger partial charge in [-0.05, 0) is 23.6 Å². The fraction of sp³-hybridized carbons (Fsp3) is 0.286. The first-order chi connectivity index (χ1) is 8.54. The predicted octanol–water partition coefficient (Wildman–Crippen LogP) is -3.60. The summed E-state index contributed by atoms with van der Waals surface area (Å²) in [7, 11) is 0. The Morgan fingerprint density at radius 2 is 0.947 bits per heavy atom. The van der Waals surface area contributed by atoms with Crippen molar-refractivity contribution in [2.24, 2.45) is 0 Å². The minimum atomic E-state index is -1.20. The Kier molecular flexibility index (Phi) is 102. The molecular weight excluding hydrogens is 396 g/mol. The topological polar surface area (TPSA) is 156 Å². The van der Waals surface area contributed by atoms with E-state index in [4.69, 9.17) is 37.9 Å². The Morgan fingerprint density at radius 1 is 0.789 bits per heavy atom. The Labute approximate surface area is 132 Å². The summed E-state index contributed by atoms with van der Waals surface area (Å²) in [4.78, 5) is 46.4. The molecule has 0 bridgehead atoms. The van der Waals surface area contributed by atoms with Gasteiger partial charge in [0.15, 0.2) is 0 Å². The average molecular weight is 408 g/mol. The molecule has 19 heavy (non-hydrogen) atoms. The summed E-state index contributed by atoms with van der Waals surface area (Å²) >= 11 is 9.45. The van der Waals surface area contributed by atoms with E-state index in [0.29, 0.717) is 0 Å². The number of hydrogen-bond acceptors (Lipinski definition) is 9. The van der Waals surface area contributed by atoms with Gasteiger partial charge in [0, 0.05) is 0 Å². The monoisotopic (exact) mass is 408 g/mol. The van der Waals surface area contributed by atoms with Crippen LogP contribution in [-0.4, -0.2) is 45.4 Å². The summed E-state index contributed by atoms with van der Waals surface area (Å²) in [5.41, 5.74) is 0. The average Bonchev–Trinajstić information content (AvgIpc) is 2.37. The summed E-state index contributed by atoms with van der Waals surface area (Å²) in [6.45, 7) is 5.39. The van der Waals surface area contributed by atoms with Gasteiger partial charge >= 0.3 is 19.5 Å². The molecule has 0 aliphatic rings. The Bertz CT molecular complexity index is 170. The van der Waals surface area contributed by atoms with E-state index in [1.165, 1.54) is 0 Å². The van der Waals surface area contributed by atoms with Gasteiger partial charge in [-0.2, -0.15) is 0 Å². The van der Waals surface area contributed by atoms with Crippen LogP contribution in [0.5, 0.6) is 0 Å². The first kappa shape index (κ1) is 36.1. The van der Waals surface area contributed by atoms with Crippen LogP contribution in [0.4, 0.5) is 0 Å². The van der Waals surface area contributed by atoms with Gasteiger partial charge < -0.3 is 34.2 Å². The van der Waals surface area contributed by atoms with E-state index in [1.54, 1.807) is 0 Å². The third-order valence-corrected chi connectivity index (χ3v) is 0.690. The van der Waals surface area contributed by atoms with Crippen LogP contribution in [0.3, 0.4) is 0 Å². The number of nitrogens with one attached hydrogen (secondary N) is 2. The van der Waals surface area contributed by atoms with Crippen molar-refractivity contribution in [1.82, 2.24) is 9.67 Å². The zero-order chi connectivity index (χ0) is 16.0. The van der Waals surface area contributed by atoms with E-state index in [9.17, 15) is 19.8 Å². The van der Waals surface area contributed by atoms with Gasteiger partial charge in [0.2, 0.25) is 0 Å². The number of carbonyl (C=O) groups excluding carboxylic acids is 5. The summed E-state index contributed by atoms with van der Waals surface area (Å²) in [5.74, 6) is -2.41. The van der Waals surface area contributed by atoms with Crippen LogP contribution in [0.2, 0.25) is 0 Å². The molecule has 0 amide bonds. The van der Waals surface area contributed by atoms with E-state index < -0.39 is 11.9 Å². The fourth-order valence-electron chi connectivity index (χ4n) is 0.109. The molecule has 0 spiro atoms. The number of hydrogen-bond donors (Lipinski definition) is 2. The number of halogens is 2. The number of carbonyl (C=O) groups is 5. The molecule has 0 aliphatic carbocycles. The molecule has 2 N–H and O–H groups in total.